The van der Waals surface area contributed by atoms with E-state index >= 15 is 0 Å². The van der Waals surface area contributed by atoms with Gasteiger partial charge in [-0.1, -0.05) is 11.6 Å². The van der Waals surface area contributed by atoms with Crippen molar-refractivity contribution >= 4 is 28.7 Å². The topological polar surface area (TPSA) is 77.5 Å². The van der Waals surface area contributed by atoms with Crippen LogP contribution in [0.25, 0.3) is 11.2 Å². The van der Waals surface area contributed by atoms with Crippen molar-refractivity contribution in [2.24, 2.45) is 14.1 Å². The molecule has 10 heteroatoms. The first-order valence-electron chi connectivity index (χ1n) is 9.74. The third kappa shape index (κ3) is 3.37. The van der Waals surface area contributed by atoms with Gasteiger partial charge in [-0.3, -0.25) is 18.5 Å². The number of methoxy groups -OCH3 is 1. The molecule has 1 aromatic carbocycles. The summed E-state index contributed by atoms with van der Waals surface area (Å²) in [4.78, 5) is 34.7. The van der Waals surface area contributed by atoms with E-state index in [9.17, 15) is 9.59 Å². The Morgan fingerprint density at radius 3 is 2.43 bits per heavy atom. The second-order valence-electron chi connectivity index (χ2n) is 7.62. The summed E-state index contributed by atoms with van der Waals surface area (Å²) in [6.45, 7) is 3.67. The lowest BCUT2D eigenvalue weighted by atomic mass is 10.2. The van der Waals surface area contributed by atoms with Crippen molar-refractivity contribution in [3.05, 3.63) is 49.6 Å². The van der Waals surface area contributed by atoms with Gasteiger partial charge in [0.15, 0.2) is 11.2 Å². The largest absolute Gasteiger partial charge is 0.497 e. The number of halogens is 1. The van der Waals surface area contributed by atoms with E-state index in [2.05, 4.69) is 16.8 Å². The fourth-order valence-electron chi connectivity index (χ4n) is 3.80. The number of hydrogen-bond acceptors (Lipinski definition) is 6. The lowest BCUT2D eigenvalue weighted by Crippen LogP contribution is -2.45. The minimum atomic E-state index is -0.401. The quantitative estimate of drug-likeness (QED) is 0.609. The summed E-state index contributed by atoms with van der Waals surface area (Å²) in [5.41, 5.74) is 0.784. The lowest BCUT2D eigenvalue weighted by molar-refractivity contribution is 0.310. The number of ether oxygens (including phenoxy) is 1. The summed E-state index contributed by atoms with van der Waals surface area (Å²) in [5.74, 6) is 1.34. The number of benzene rings is 1. The zero-order valence-corrected chi connectivity index (χ0v) is 18.3. The van der Waals surface area contributed by atoms with Crippen molar-refractivity contribution in [1.29, 1.82) is 0 Å². The zero-order valence-electron chi connectivity index (χ0n) is 17.6. The predicted molar refractivity (Wildman–Crippen MR) is 117 cm³/mol. The number of likely N-dealkylation sites (N-methyl/N-ethyl adjacent to an activating group) is 1. The average molecular weight is 433 g/mol. The number of fused-ring (bicyclic) bond motifs is 1. The van der Waals surface area contributed by atoms with Crippen molar-refractivity contribution in [2.45, 2.75) is 6.54 Å². The number of aromatic nitrogens is 4. The van der Waals surface area contributed by atoms with Gasteiger partial charge in [0.25, 0.3) is 5.56 Å². The molecule has 1 aliphatic heterocycles. The van der Waals surface area contributed by atoms with Crippen LogP contribution >= 0.6 is 11.6 Å². The molecule has 1 aliphatic rings. The highest BCUT2D eigenvalue weighted by Crippen LogP contribution is 2.27. The Morgan fingerprint density at radius 2 is 1.77 bits per heavy atom. The monoisotopic (exact) mass is 432 g/mol. The fraction of sp³-hybridized carbons (Fsp3) is 0.450. The van der Waals surface area contributed by atoms with Crippen LogP contribution in [-0.2, 0) is 20.6 Å². The van der Waals surface area contributed by atoms with Gasteiger partial charge in [0.1, 0.15) is 5.75 Å². The Bertz CT molecular complexity index is 1220. The maximum absolute atomic E-state index is 13.1. The number of piperazine rings is 1. The number of hydrogen-bond donors (Lipinski definition) is 0. The molecular formula is C20H25ClN6O3. The molecule has 30 heavy (non-hydrogen) atoms. The molecule has 0 spiro atoms. The Kier molecular flexibility index (Phi) is 5.33. The second-order valence-corrected chi connectivity index (χ2v) is 8.03. The summed E-state index contributed by atoms with van der Waals surface area (Å²) in [6.07, 6.45) is 0. The summed E-state index contributed by atoms with van der Waals surface area (Å²) < 4.78 is 9.74. The molecule has 4 rings (SSSR count). The van der Waals surface area contributed by atoms with E-state index in [1.165, 1.54) is 11.6 Å². The summed E-state index contributed by atoms with van der Waals surface area (Å²) in [6, 6.07) is 5.43. The van der Waals surface area contributed by atoms with Gasteiger partial charge in [-0.25, -0.2) is 4.79 Å². The molecule has 0 bridgehead atoms. The zero-order chi connectivity index (χ0) is 21.6. The average Bonchev–Trinajstić information content (AvgIpc) is 3.12. The molecule has 160 valence electrons. The van der Waals surface area contributed by atoms with Gasteiger partial charge in [-0.05, 0) is 30.8 Å². The molecule has 0 amide bonds. The van der Waals surface area contributed by atoms with E-state index in [0.717, 1.165) is 36.3 Å². The van der Waals surface area contributed by atoms with Crippen LogP contribution in [0.3, 0.4) is 0 Å². The molecule has 9 nitrogen and oxygen atoms in total. The van der Waals surface area contributed by atoms with Crippen molar-refractivity contribution in [2.75, 3.05) is 45.2 Å². The van der Waals surface area contributed by atoms with Crippen LogP contribution in [0.15, 0.2) is 27.8 Å². The van der Waals surface area contributed by atoms with Gasteiger partial charge in [-0.15, -0.1) is 0 Å². The molecule has 1 saturated heterocycles. The minimum absolute atomic E-state index is 0.335. The van der Waals surface area contributed by atoms with E-state index in [1.807, 2.05) is 10.6 Å². The number of rotatable bonds is 4. The normalized spacial score (nSPS) is 15.2. The first-order chi connectivity index (χ1) is 14.3. The molecular weight excluding hydrogens is 408 g/mol. The highest BCUT2D eigenvalue weighted by atomic mass is 35.5. The first-order valence-corrected chi connectivity index (χ1v) is 10.1. The third-order valence-electron chi connectivity index (χ3n) is 5.70. The van der Waals surface area contributed by atoms with E-state index in [0.29, 0.717) is 34.4 Å². The second kappa shape index (κ2) is 7.81. The van der Waals surface area contributed by atoms with Gasteiger partial charge in [0.2, 0.25) is 5.95 Å². The van der Waals surface area contributed by atoms with Crippen molar-refractivity contribution in [3.63, 3.8) is 0 Å². The molecule has 0 N–H and O–H groups in total. The van der Waals surface area contributed by atoms with E-state index in [-0.39, 0.29) is 5.56 Å². The summed E-state index contributed by atoms with van der Waals surface area (Å²) >= 11 is 6.46. The van der Waals surface area contributed by atoms with E-state index in [4.69, 9.17) is 21.3 Å². The van der Waals surface area contributed by atoms with Crippen LogP contribution in [0.2, 0.25) is 5.02 Å². The number of aryl methyl sites for hydroxylation is 1. The molecule has 0 atom stereocenters. The Hall–Kier alpha value is -2.78. The van der Waals surface area contributed by atoms with E-state index < -0.39 is 5.69 Å². The number of imidazole rings is 1. The molecule has 1 fully saturated rings. The SMILES string of the molecule is COc1ccc(Cl)c(Cn2c(N3CCN(C)CC3)nc3c2c(=O)n(C)c(=O)n3C)c1. The van der Waals surface area contributed by atoms with Gasteiger partial charge in [0.05, 0.1) is 13.7 Å². The molecule has 2 aromatic heterocycles. The predicted octanol–water partition coefficient (Wildman–Crippen LogP) is 0.896. The standard InChI is InChI=1S/C20H25ClN6O3/c1-23-7-9-26(10-8-23)19-22-17-16(18(28)25(3)20(29)24(17)2)27(19)12-13-11-14(30-4)5-6-15(13)21/h5-6,11H,7-10,12H2,1-4H3. The van der Waals surface area contributed by atoms with Crippen molar-refractivity contribution in [3.8, 4) is 5.75 Å². The van der Waals surface area contributed by atoms with Crippen LogP contribution < -0.4 is 20.9 Å². The van der Waals surface area contributed by atoms with Crippen molar-refractivity contribution < 1.29 is 4.74 Å². The maximum Gasteiger partial charge on any atom is 0.332 e. The smallest absolute Gasteiger partial charge is 0.332 e. The molecule has 0 aliphatic carbocycles. The Balaban J connectivity index is 1.95. The highest BCUT2D eigenvalue weighted by molar-refractivity contribution is 6.31. The number of anilines is 1. The van der Waals surface area contributed by atoms with Gasteiger partial charge < -0.3 is 14.5 Å². The van der Waals surface area contributed by atoms with Crippen LogP contribution in [-0.4, -0.2) is 63.9 Å². The van der Waals surface area contributed by atoms with Crippen LogP contribution in [0.4, 0.5) is 5.95 Å². The van der Waals surface area contributed by atoms with Crippen molar-refractivity contribution in [1.82, 2.24) is 23.6 Å². The summed E-state index contributed by atoms with van der Waals surface area (Å²) in [7, 11) is 6.79. The third-order valence-corrected chi connectivity index (χ3v) is 6.06. The van der Waals surface area contributed by atoms with Gasteiger partial charge in [-0.2, -0.15) is 4.98 Å². The molecule has 0 unspecified atom stereocenters. The van der Waals surface area contributed by atoms with Crippen LogP contribution in [0.5, 0.6) is 5.75 Å². The Morgan fingerprint density at radius 1 is 1.07 bits per heavy atom. The highest BCUT2D eigenvalue weighted by Gasteiger charge is 2.25. The van der Waals surface area contributed by atoms with Crippen LogP contribution in [0.1, 0.15) is 5.56 Å². The van der Waals surface area contributed by atoms with Gasteiger partial charge in [0, 0.05) is 45.3 Å². The Labute approximate surface area is 178 Å². The van der Waals surface area contributed by atoms with Gasteiger partial charge >= 0.3 is 5.69 Å². The first kappa shape index (κ1) is 20.5. The molecule has 3 heterocycles. The fourth-order valence-corrected chi connectivity index (χ4v) is 3.98. The summed E-state index contributed by atoms with van der Waals surface area (Å²) in [5, 5.41) is 0.573. The molecule has 0 radical (unpaired) electrons. The van der Waals surface area contributed by atoms with E-state index in [1.54, 1.807) is 26.3 Å². The number of nitrogens with zero attached hydrogens (tertiary/aromatic N) is 6. The molecule has 3 aromatic rings. The molecule has 0 saturated carbocycles. The lowest BCUT2D eigenvalue weighted by Gasteiger charge is -2.33. The van der Waals surface area contributed by atoms with Crippen LogP contribution in [0, 0.1) is 0 Å². The minimum Gasteiger partial charge on any atom is -0.497 e. The maximum atomic E-state index is 13.1.